The van der Waals surface area contributed by atoms with Gasteiger partial charge in [-0.3, -0.25) is 4.99 Å². The molecule has 0 aromatic heterocycles. The van der Waals surface area contributed by atoms with Gasteiger partial charge < -0.3 is 15.5 Å². The molecule has 1 saturated heterocycles. The largest absolute Gasteiger partial charge is 0.356 e. The van der Waals surface area contributed by atoms with E-state index in [0.717, 1.165) is 18.4 Å². The van der Waals surface area contributed by atoms with E-state index < -0.39 is 0 Å². The van der Waals surface area contributed by atoms with Gasteiger partial charge in [0.15, 0.2) is 5.96 Å². The third kappa shape index (κ3) is 6.24. The summed E-state index contributed by atoms with van der Waals surface area (Å²) >= 11 is 0. The van der Waals surface area contributed by atoms with Crippen molar-refractivity contribution in [1.82, 2.24) is 15.5 Å². The number of nitrogens with zero attached hydrogens (tertiary/aromatic N) is 2. The highest BCUT2D eigenvalue weighted by molar-refractivity contribution is 5.79. The molecule has 0 amide bonds. The number of nitrogens with one attached hydrogen (secondary N) is 2. The van der Waals surface area contributed by atoms with Gasteiger partial charge in [-0.25, -0.2) is 0 Å². The van der Waals surface area contributed by atoms with Crippen LogP contribution in [0.25, 0.3) is 0 Å². The number of likely N-dealkylation sites (tertiary alicyclic amines) is 1. The standard InChI is InChI=1S/C14H30N4/c1-12(2)17-14(15-4)16-8-6-10-18-9-5-7-13(3)11-18/h12-13H,5-11H2,1-4H3,(H2,15,16,17). The monoisotopic (exact) mass is 254 g/mol. The molecule has 1 atom stereocenters. The molecule has 4 nitrogen and oxygen atoms in total. The Morgan fingerprint density at radius 1 is 1.44 bits per heavy atom. The van der Waals surface area contributed by atoms with Crippen LogP contribution >= 0.6 is 0 Å². The maximum Gasteiger partial charge on any atom is 0.191 e. The van der Waals surface area contributed by atoms with Gasteiger partial charge in [0.2, 0.25) is 0 Å². The fraction of sp³-hybridized carbons (Fsp3) is 0.929. The molecule has 1 aliphatic rings. The lowest BCUT2D eigenvalue weighted by Gasteiger charge is -2.30. The first kappa shape index (κ1) is 15.3. The molecule has 106 valence electrons. The summed E-state index contributed by atoms with van der Waals surface area (Å²) in [6.07, 6.45) is 3.95. The van der Waals surface area contributed by atoms with Crippen LogP contribution in [0.3, 0.4) is 0 Å². The second kappa shape index (κ2) is 8.35. The van der Waals surface area contributed by atoms with Crippen molar-refractivity contribution in [3.63, 3.8) is 0 Å². The number of piperidine rings is 1. The lowest BCUT2D eigenvalue weighted by atomic mass is 10.0. The van der Waals surface area contributed by atoms with E-state index >= 15 is 0 Å². The third-order valence-corrected chi connectivity index (χ3v) is 3.33. The second-order valence-electron chi connectivity index (χ2n) is 5.70. The highest BCUT2D eigenvalue weighted by Gasteiger charge is 2.15. The molecule has 0 radical (unpaired) electrons. The maximum absolute atomic E-state index is 4.21. The van der Waals surface area contributed by atoms with Gasteiger partial charge in [0.05, 0.1) is 0 Å². The quantitative estimate of drug-likeness (QED) is 0.445. The first-order valence-electron chi connectivity index (χ1n) is 7.31. The summed E-state index contributed by atoms with van der Waals surface area (Å²) in [5.74, 6) is 1.79. The van der Waals surface area contributed by atoms with Crippen LogP contribution in [0.2, 0.25) is 0 Å². The molecule has 0 aliphatic carbocycles. The van der Waals surface area contributed by atoms with Crippen molar-refractivity contribution in [3.8, 4) is 0 Å². The van der Waals surface area contributed by atoms with Crippen LogP contribution in [0.4, 0.5) is 0 Å². The minimum atomic E-state index is 0.430. The molecule has 0 aromatic rings. The molecule has 1 fully saturated rings. The summed E-state index contributed by atoms with van der Waals surface area (Å²) < 4.78 is 0. The summed E-state index contributed by atoms with van der Waals surface area (Å²) in [5.41, 5.74) is 0. The van der Waals surface area contributed by atoms with Crippen molar-refractivity contribution < 1.29 is 0 Å². The first-order chi connectivity index (χ1) is 8.61. The molecule has 0 bridgehead atoms. The minimum absolute atomic E-state index is 0.430. The van der Waals surface area contributed by atoms with E-state index in [1.807, 2.05) is 7.05 Å². The molecule has 1 heterocycles. The molecule has 1 unspecified atom stereocenters. The molecule has 4 heteroatoms. The van der Waals surface area contributed by atoms with Crippen molar-refractivity contribution in [2.24, 2.45) is 10.9 Å². The van der Waals surface area contributed by atoms with Gasteiger partial charge in [-0.2, -0.15) is 0 Å². The maximum atomic E-state index is 4.21. The summed E-state index contributed by atoms with van der Waals surface area (Å²) in [7, 11) is 1.82. The van der Waals surface area contributed by atoms with E-state index in [1.54, 1.807) is 0 Å². The van der Waals surface area contributed by atoms with Crippen molar-refractivity contribution in [1.29, 1.82) is 0 Å². The summed E-state index contributed by atoms with van der Waals surface area (Å²) in [5, 5.41) is 6.66. The Labute approximate surface area is 112 Å². The van der Waals surface area contributed by atoms with Crippen molar-refractivity contribution in [2.75, 3.05) is 33.2 Å². The summed E-state index contributed by atoms with van der Waals surface area (Å²) in [6, 6.07) is 0.430. The average Bonchev–Trinajstić information content (AvgIpc) is 2.32. The SMILES string of the molecule is CN=C(NCCCN1CCCC(C)C1)NC(C)C. The van der Waals surface area contributed by atoms with Crippen LogP contribution in [-0.4, -0.2) is 50.1 Å². The summed E-state index contributed by atoms with van der Waals surface area (Å²) in [6.45, 7) is 11.4. The average molecular weight is 254 g/mol. The van der Waals surface area contributed by atoms with Crippen LogP contribution < -0.4 is 10.6 Å². The Morgan fingerprint density at radius 3 is 2.83 bits per heavy atom. The Hall–Kier alpha value is -0.770. The number of guanidine groups is 1. The topological polar surface area (TPSA) is 39.7 Å². The van der Waals surface area contributed by atoms with E-state index in [1.165, 1.54) is 38.9 Å². The van der Waals surface area contributed by atoms with E-state index in [2.05, 4.69) is 41.3 Å². The zero-order valence-electron chi connectivity index (χ0n) is 12.5. The van der Waals surface area contributed by atoms with Crippen LogP contribution in [-0.2, 0) is 0 Å². The molecule has 0 spiro atoms. The zero-order valence-corrected chi connectivity index (χ0v) is 12.5. The van der Waals surface area contributed by atoms with E-state index in [-0.39, 0.29) is 0 Å². The van der Waals surface area contributed by atoms with Gasteiger partial charge in [0.25, 0.3) is 0 Å². The van der Waals surface area contributed by atoms with Crippen LogP contribution in [0.1, 0.15) is 40.0 Å². The van der Waals surface area contributed by atoms with Gasteiger partial charge in [-0.05, 0) is 52.1 Å². The minimum Gasteiger partial charge on any atom is -0.356 e. The molecule has 0 aromatic carbocycles. The highest BCUT2D eigenvalue weighted by atomic mass is 15.2. The van der Waals surface area contributed by atoms with Crippen molar-refractivity contribution in [3.05, 3.63) is 0 Å². The number of hydrogen-bond acceptors (Lipinski definition) is 2. The third-order valence-electron chi connectivity index (χ3n) is 3.33. The first-order valence-corrected chi connectivity index (χ1v) is 7.31. The Balaban J connectivity index is 2.10. The lowest BCUT2D eigenvalue weighted by molar-refractivity contribution is 0.182. The predicted octanol–water partition coefficient (Wildman–Crippen LogP) is 1.68. The highest BCUT2D eigenvalue weighted by Crippen LogP contribution is 2.15. The van der Waals surface area contributed by atoms with Gasteiger partial charge in [0, 0.05) is 26.2 Å². The number of hydrogen-bond donors (Lipinski definition) is 2. The van der Waals surface area contributed by atoms with Gasteiger partial charge in [0.1, 0.15) is 0 Å². The molecular weight excluding hydrogens is 224 g/mol. The van der Waals surface area contributed by atoms with Gasteiger partial charge in [-0.1, -0.05) is 6.92 Å². The molecule has 1 aliphatic heterocycles. The zero-order chi connectivity index (χ0) is 13.4. The van der Waals surface area contributed by atoms with Gasteiger partial charge >= 0.3 is 0 Å². The Bertz CT molecular complexity index is 250. The smallest absolute Gasteiger partial charge is 0.191 e. The summed E-state index contributed by atoms with van der Waals surface area (Å²) in [4.78, 5) is 6.80. The molecule has 0 saturated carbocycles. The normalized spacial score (nSPS) is 22.3. The van der Waals surface area contributed by atoms with Crippen molar-refractivity contribution in [2.45, 2.75) is 46.1 Å². The Kier molecular flexibility index (Phi) is 7.09. The van der Waals surface area contributed by atoms with E-state index in [9.17, 15) is 0 Å². The molecule has 1 rings (SSSR count). The molecule has 2 N–H and O–H groups in total. The van der Waals surface area contributed by atoms with E-state index in [4.69, 9.17) is 0 Å². The number of aliphatic imine (C=N–C) groups is 1. The Morgan fingerprint density at radius 2 is 2.22 bits per heavy atom. The van der Waals surface area contributed by atoms with Crippen molar-refractivity contribution >= 4 is 5.96 Å². The molecule has 18 heavy (non-hydrogen) atoms. The fourth-order valence-corrected chi connectivity index (χ4v) is 2.47. The molecular formula is C14H30N4. The predicted molar refractivity (Wildman–Crippen MR) is 79.1 cm³/mol. The van der Waals surface area contributed by atoms with Crippen LogP contribution in [0.5, 0.6) is 0 Å². The van der Waals surface area contributed by atoms with Crippen LogP contribution in [0, 0.1) is 5.92 Å². The van der Waals surface area contributed by atoms with Gasteiger partial charge in [-0.15, -0.1) is 0 Å². The van der Waals surface area contributed by atoms with Crippen LogP contribution in [0.15, 0.2) is 4.99 Å². The van der Waals surface area contributed by atoms with E-state index in [0.29, 0.717) is 6.04 Å². The number of rotatable bonds is 5. The fourth-order valence-electron chi connectivity index (χ4n) is 2.47. The second-order valence-corrected chi connectivity index (χ2v) is 5.70. The lowest BCUT2D eigenvalue weighted by Crippen LogP contribution is -2.42.